The van der Waals surface area contributed by atoms with Crippen LogP contribution in [0.25, 0.3) is 0 Å². The van der Waals surface area contributed by atoms with Crippen LogP contribution in [-0.4, -0.2) is 38.2 Å². The van der Waals surface area contributed by atoms with E-state index in [9.17, 15) is 9.90 Å². The van der Waals surface area contributed by atoms with E-state index in [4.69, 9.17) is 14.2 Å². The number of aliphatic hydroxyl groups is 1. The Morgan fingerprint density at radius 1 is 0.889 bits per heavy atom. The number of hydrogen-bond acceptors (Lipinski definition) is 8. The van der Waals surface area contributed by atoms with Crippen LogP contribution in [-0.2, 0) is 22.6 Å². The van der Waals surface area contributed by atoms with Gasteiger partial charge in [0, 0.05) is 30.0 Å². The average molecular weight is 624 g/mol. The van der Waals surface area contributed by atoms with Crippen molar-refractivity contribution in [1.29, 1.82) is 0 Å². The fourth-order valence-corrected chi connectivity index (χ4v) is 5.64. The molecule has 4 aromatic carbocycles. The molecule has 0 saturated carbocycles. The summed E-state index contributed by atoms with van der Waals surface area (Å²) in [4.78, 5) is 16.8. The summed E-state index contributed by atoms with van der Waals surface area (Å²) in [7, 11) is 0. The van der Waals surface area contributed by atoms with Gasteiger partial charge in [-0.2, -0.15) is 5.10 Å². The molecule has 0 radical (unpaired) electrons. The molecule has 11 heteroatoms. The number of hydrogen-bond donors (Lipinski definition) is 4. The number of ether oxygens (including phenoxy) is 3. The van der Waals surface area contributed by atoms with Crippen LogP contribution in [0.2, 0.25) is 0 Å². The number of aromatic amines is 1. The molecule has 1 fully saturated rings. The lowest BCUT2D eigenvalue weighted by molar-refractivity contribution is -0.245. The van der Waals surface area contributed by atoms with Crippen molar-refractivity contribution >= 4 is 23.5 Å². The van der Waals surface area contributed by atoms with Crippen LogP contribution < -0.4 is 15.4 Å². The summed E-state index contributed by atoms with van der Waals surface area (Å²) in [6.07, 6.45) is 1.32. The largest absolute Gasteiger partial charge is 0.457 e. The summed E-state index contributed by atoms with van der Waals surface area (Å²) in [6, 6.07) is 32.1. The summed E-state index contributed by atoms with van der Waals surface area (Å²) in [5.74, 6) is 2.11. The van der Waals surface area contributed by atoms with Crippen molar-refractivity contribution in [3.8, 4) is 11.5 Å². The Labute approximate surface area is 265 Å². The Morgan fingerprint density at radius 3 is 2.31 bits per heavy atom. The molecule has 1 aliphatic rings. The second-order valence-electron chi connectivity index (χ2n) is 10.4. The van der Waals surface area contributed by atoms with Gasteiger partial charge in [0.1, 0.15) is 17.8 Å². The van der Waals surface area contributed by atoms with E-state index in [0.29, 0.717) is 30.2 Å². The topological polar surface area (TPSA) is 131 Å². The third-order valence-corrected chi connectivity index (χ3v) is 8.22. The van der Waals surface area contributed by atoms with Crippen molar-refractivity contribution in [2.45, 2.75) is 43.2 Å². The number of thioether (sulfide) groups is 1. The highest BCUT2D eigenvalue weighted by atomic mass is 32.2. The molecule has 2 amide bonds. The summed E-state index contributed by atoms with van der Waals surface area (Å²) in [5, 5.41) is 22.7. The Bertz CT molecular complexity index is 1640. The van der Waals surface area contributed by atoms with Crippen LogP contribution in [0.1, 0.15) is 41.1 Å². The van der Waals surface area contributed by atoms with Crippen LogP contribution in [0, 0.1) is 0 Å². The predicted octanol–water partition coefficient (Wildman–Crippen LogP) is 6.75. The summed E-state index contributed by atoms with van der Waals surface area (Å²) in [5.41, 5.74) is 4.35. The molecule has 6 rings (SSSR count). The number of benzene rings is 4. The molecule has 0 spiro atoms. The van der Waals surface area contributed by atoms with Crippen LogP contribution in [0.4, 0.5) is 10.5 Å². The number of anilines is 1. The molecule has 0 aliphatic carbocycles. The van der Waals surface area contributed by atoms with E-state index in [-0.39, 0.29) is 24.8 Å². The first-order chi connectivity index (χ1) is 22.1. The van der Waals surface area contributed by atoms with Crippen molar-refractivity contribution in [3.05, 3.63) is 132 Å². The van der Waals surface area contributed by atoms with E-state index in [1.54, 1.807) is 23.9 Å². The van der Waals surface area contributed by atoms with Gasteiger partial charge in [-0.05, 0) is 53.1 Å². The molecule has 230 valence electrons. The monoisotopic (exact) mass is 623 g/mol. The van der Waals surface area contributed by atoms with E-state index >= 15 is 0 Å². The second kappa shape index (κ2) is 14.9. The van der Waals surface area contributed by atoms with Gasteiger partial charge in [0.2, 0.25) is 0 Å². The van der Waals surface area contributed by atoms with Gasteiger partial charge in [-0.15, -0.1) is 0 Å². The third-order valence-electron chi connectivity index (χ3n) is 7.21. The van der Waals surface area contributed by atoms with Crippen LogP contribution >= 0.6 is 11.8 Å². The maximum Gasteiger partial charge on any atom is 0.319 e. The normalized spacial score (nSPS) is 17.8. The standard InChI is InChI=1S/C34H33N5O5S/c40-20-24-8-10-25(11-9-24)31-18-30(21-45-34-36-22-37-39-34)43-32(44-31)26-12-6-23(7-13-26)19-35-33(41)38-27-14-16-29(17-15-27)42-28-4-2-1-3-5-28/h1-17,22,30-32,40H,18-21H2,(H2,35,38,41)(H,36,37,39)/t30-,31+,32+/m1/s1. The van der Waals surface area contributed by atoms with Gasteiger partial charge in [-0.1, -0.05) is 78.5 Å². The fourth-order valence-electron chi connectivity index (χ4n) is 4.84. The molecule has 10 nitrogen and oxygen atoms in total. The number of para-hydroxylation sites is 1. The van der Waals surface area contributed by atoms with Crippen molar-refractivity contribution in [2.75, 3.05) is 11.1 Å². The molecule has 1 aromatic heterocycles. The Morgan fingerprint density at radius 2 is 1.60 bits per heavy atom. The summed E-state index contributed by atoms with van der Waals surface area (Å²) in [6.45, 7) is 0.346. The average Bonchev–Trinajstić information content (AvgIpc) is 3.62. The lowest BCUT2D eigenvalue weighted by Gasteiger charge is -2.36. The summed E-state index contributed by atoms with van der Waals surface area (Å²) >= 11 is 1.55. The highest BCUT2D eigenvalue weighted by Crippen LogP contribution is 2.39. The molecular weight excluding hydrogens is 590 g/mol. The number of H-pyrrole nitrogens is 1. The van der Waals surface area contributed by atoms with E-state index in [1.165, 1.54) is 6.33 Å². The molecule has 0 unspecified atom stereocenters. The quantitative estimate of drug-likeness (QED) is 0.119. The number of nitrogens with one attached hydrogen (secondary N) is 3. The van der Waals surface area contributed by atoms with Crippen LogP contribution in [0.5, 0.6) is 11.5 Å². The Balaban J connectivity index is 1.04. The molecule has 5 aromatic rings. The maximum absolute atomic E-state index is 12.6. The highest BCUT2D eigenvalue weighted by Gasteiger charge is 2.32. The number of urea groups is 1. The lowest BCUT2D eigenvalue weighted by atomic mass is 10.0. The maximum atomic E-state index is 12.6. The molecule has 2 heterocycles. The van der Waals surface area contributed by atoms with Crippen molar-refractivity contribution < 1.29 is 24.1 Å². The van der Waals surface area contributed by atoms with Gasteiger partial charge in [0.05, 0.1) is 18.8 Å². The molecule has 0 bridgehead atoms. The molecular formula is C34H33N5O5S. The fraction of sp³-hybridized carbons (Fsp3) is 0.206. The number of carbonyl (C=O) groups excluding carboxylic acids is 1. The van der Waals surface area contributed by atoms with Gasteiger partial charge in [0.15, 0.2) is 11.4 Å². The van der Waals surface area contributed by atoms with Gasteiger partial charge in [-0.3, -0.25) is 5.10 Å². The SMILES string of the molecule is O=C(NCc1ccc([C@H]2O[C@@H](CSc3ncn[nH]3)C[C@@H](c3ccc(CO)cc3)O2)cc1)Nc1ccc(Oc2ccccc2)cc1. The minimum Gasteiger partial charge on any atom is -0.457 e. The first-order valence-corrected chi connectivity index (χ1v) is 15.6. The van der Waals surface area contributed by atoms with Crippen molar-refractivity contribution in [1.82, 2.24) is 20.5 Å². The molecule has 1 saturated heterocycles. The lowest BCUT2D eigenvalue weighted by Crippen LogP contribution is -2.31. The van der Waals surface area contributed by atoms with Crippen LogP contribution in [0.15, 0.2) is 115 Å². The molecule has 3 atom stereocenters. The summed E-state index contributed by atoms with van der Waals surface area (Å²) < 4.78 is 18.6. The molecule has 4 N–H and O–H groups in total. The zero-order valence-electron chi connectivity index (χ0n) is 24.3. The minimum atomic E-state index is -0.569. The molecule has 1 aliphatic heterocycles. The van der Waals surface area contributed by atoms with E-state index in [2.05, 4.69) is 25.8 Å². The smallest absolute Gasteiger partial charge is 0.319 e. The Hall–Kier alpha value is -4.68. The number of carbonyl (C=O) groups is 1. The van der Waals surface area contributed by atoms with E-state index in [0.717, 1.165) is 33.2 Å². The Kier molecular flexibility index (Phi) is 10.0. The zero-order valence-corrected chi connectivity index (χ0v) is 25.2. The first-order valence-electron chi connectivity index (χ1n) is 14.6. The number of amides is 2. The second-order valence-corrected chi connectivity index (χ2v) is 11.4. The van der Waals surface area contributed by atoms with Crippen molar-refractivity contribution in [3.63, 3.8) is 0 Å². The zero-order chi connectivity index (χ0) is 30.8. The number of nitrogens with zero attached hydrogens (tertiary/aromatic N) is 2. The van der Waals surface area contributed by atoms with Crippen molar-refractivity contribution in [2.24, 2.45) is 0 Å². The number of rotatable bonds is 11. The predicted molar refractivity (Wildman–Crippen MR) is 171 cm³/mol. The van der Waals surface area contributed by atoms with Crippen LogP contribution in [0.3, 0.4) is 0 Å². The number of aliphatic hydroxyl groups excluding tert-OH is 1. The van der Waals surface area contributed by atoms with E-state index < -0.39 is 6.29 Å². The third kappa shape index (κ3) is 8.49. The van der Waals surface area contributed by atoms with E-state index in [1.807, 2.05) is 91.0 Å². The van der Waals surface area contributed by atoms with Gasteiger partial charge in [0.25, 0.3) is 0 Å². The number of aromatic nitrogens is 3. The first kappa shape index (κ1) is 30.4. The minimum absolute atomic E-state index is 0.00539. The van der Waals surface area contributed by atoms with Gasteiger partial charge >= 0.3 is 6.03 Å². The molecule has 45 heavy (non-hydrogen) atoms. The van der Waals surface area contributed by atoms with Gasteiger partial charge in [-0.25, -0.2) is 9.78 Å². The van der Waals surface area contributed by atoms with Gasteiger partial charge < -0.3 is 30.0 Å². The highest BCUT2D eigenvalue weighted by molar-refractivity contribution is 7.99.